The van der Waals surface area contributed by atoms with E-state index < -0.39 is 5.79 Å². The molecule has 1 spiro atoms. The normalized spacial score (nSPS) is 20.5. The molecule has 2 amide bonds. The van der Waals surface area contributed by atoms with E-state index in [0.717, 1.165) is 37.1 Å². The van der Waals surface area contributed by atoms with Gasteiger partial charge in [0, 0.05) is 18.5 Å². The fourth-order valence-electron chi connectivity index (χ4n) is 3.59. The Hall–Kier alpha value is -1.79. The summed E-state index contributed by atoms with van der Waals surface area (Å²) in [5, 5.41) is 3.15. The first kappa shape index (κ1) is 18.0. The minimum atomic E-state index is -0.597. The number of carbonyl (C=O) groups excluding carboxylic acids is 1. The first-order valence-corrected chi connectivity index (χ1v) is 9.22. The lowest BCUT2D eigenvalue weighted by molar-refractivity contribution is -0.182. The maximum absolute atomic E-state index is 12.8. The smallest absolute Gasteiger partial charge is 0.318 e. The lowest BCUT2D eigenvalue weighted by atomic mass is 10.0. The standard InChI is InChI=1S/C19H28N2O4/c1-3-16(15-8-5-6-9-17(15)23-4-2)20-18(22)21-11-7-10-19(14-21)24-12-13-25-19/h5-6,8-9,16H,3-4,7,10-14H2,1-2H3,(H,20,22)/t16-/m1/s1. The highest BCUT2D eigenvalue weighted by atomic mass is 16.7. The predicted octanol–water partition coefficient (Wildman–Crippen LogP) is 3.08. The van der Waals surface area contributed by atoms with Gasteiger partial charge in [0.15, 0.2) is 5.79 Å². The van der Waals surface area contributed by atoms with Gasteiger partial charge in [-0.1, -0.05) is 25.1 Å². The van der Waals surface area contributed by atoms with Gasteiger partial charge in [-0.05, 0) is 25.8 Å². The number of piperidine rings is 1. The number of para-hydroxylation sites is 1. The van der Waals surface area contributed by atoms with Crippen molar-refractivity contribution in [3.8, 4) is 5.75 Å². The Balaban J connectivity index is 1.68. The van der Waals surface area contributed by atoms with Gasteiger partial charge in [-0.15, -0.1) is 0 Å². The molecule has 1 N–H and O–H groups in total. The zero-order valence-corrected chi connectivity index (χ0v) is 15.1. The molecule has 0 radical (unpaired) electrons. The Morgan fingerprint density at radius 3 is 2.80 bits per heavy atom. The van der Waals surface area contributed by atoms with Gasteiger partial charge in [0.05, 0.1) is 32.4 Å². The second kappa shape index (κ2) is 8.06. The molecule has 2 fully saturated rings. The van der Waals surface area contributed by atoms with Gasteiger partial charge in [-0.2, -0.15) is 0 Å². The van der Waals surface area contributed by atoms with Crippen molar-refractivity contribution < 1.29 is 19.0 Å². The average Bonchev–Trinajstić information content (AvgIpc) is 3.08. The lowest BCUT2D eigenvalue weighted by Crippen LogP contribution is -2.54. The Morgan fingerprint density at radius 2 is 2.08 bits per heavy atom. The molecule has 0 bridgehead atoms. The first-order chi connectivity index (χ1) is 12.2. The number of rotatable bonds is 5. The Kier molecular flexibility index (Phi) is 5.81. The minimum Gasteiger partial charge on any atom is -0.494 e. The van der Waals surface area contributed by atoms with Crippen molar-refractivity contribution >= 4 is 6.03 Å². The SMILES string of the molecule is CCOc1ccccc1[C@@H](CC)NC(=O)N1CCCC2(C1)OCCO2. The summed E-state index contributed by atoms with van der Waals surface area (Å²) in [5.74, 6) is 0.232. The zero-order valence-electron chi connectivity index (χ0n) is 15.1. The monoisotopic (exact) mass is 348 g/mol. The molecular formula is C19H28N2O4. The molecule has 0 saturated carbocycles. The molecule has 25 heavy (non-hydrogen) atoms. The third-order valence-corrected chi connectivity index (χ3v) is 4.82. The van der Waals surface area contributed by atoms with Crippen molar-refractivity contribution in [1.29, 1.82) is 0 Å². The average molecular weight is 348 g/mol. The fraction of sp³-hybridized carbons (Fsp3) is 0.632. The van der Waals surface area contributed by atoms with Crippen LogP contribution in [0.25, 0.3) is 0 Å². The molecule has 2 aliphatic heterocycles. The summed E-state index contributed by atoms with van der Waals surface area (Å²) in [6.07, 6.45) is 2.53. The van der Waals surface area contributed by atoms with Gasteiger partial charge in [-0.3, -0.25) is 0 Å². The van der Waals surface area contributed by atoms with Gasteiger partial charge >= 0.3 is 6.03 Å². The number of carbonyl (C=O) groups is 1. The van der Waals surface area contributed by atoms with E-state index in [-0.39, 0.29) is 12.1 Å². The number of nitrogens with zero attached hydrogens (tertiary/aromatic N) is 1. The Labute approximate surface area is 149 Å². The van der Waals surface area contributed by atoms with Crippen LogP contribution in [-0.4, -0.2) is 49.6 Å². The van der Waals surface area contributed by atoms with E-state index in [1.54, 1.807) is 4.90 Å². The zero-order chi connectivity index (χ0) is 17.7. The van der Waals surface area contributed by atoms with Crippen LogP contribution in [0.4, 0.5) is 4.79 Å². The summed E-state index contributed by atoms with van der Waals surface area (Å²) >= 11 is 0. The van der Waals surface area contributed by atoms with Gasteiger partial charge in [0.2, 0.25) is 0 Å². The summed E-state index contributed by atoms with van der Waals surface area (Å²) < 4.78 is 17.2. The summed E-state index contributed by atoms with van der Waals surface area (Å²) in [6, 6.07) is 7.73. The van der Waals surface area contributed by atoms with E-state index in [0.29, 0.717) is 26.4 Å². The fourth-order valence-corrected chi connectivity index (χ4v) is 3.59. The van der Waals surface area contributed by atoms with E-state index in [2.05, 4.69) is 12.2 Å². The molecule has 2 saturated heterocycles. The molecule has 6 heteroatoms. The Morgan fingerprint density at radius 1 is 1.32 bits per heavy atom. The van der Waals surface area contributed by atoms with E-state index in [1.807, 2.05) is 31.2 Å². The van der Waals surface area contributed by atoms with Crippen LogP contribution >= 0.6 is 0 Å². The summed E-state index contributed by atoms with van der Waals surface area (Å²) in [4.78, 5) is 14.6. The molecule has 3 rings (SSSR count). The van der Waals surface area contributed by atoms with E-state index in [4.69, 9.17) is 14.2 Å². The van der Waals surface area contributed by atoms with Crippen molar-refractivity contribution in [2.75, 3.05) is 32.9 Å². The maximum atomic E-state index is 12.8. The molecule has 6 nitrogen and oxygen atoms in total. The van der Waals surface area contributed by atoms with Crippen molar-refractivity contribution in [2.45, 2.75) is 44.9 Å². The maximum Gasteiger partial charge on any atom is 0.318 e. The molecule has 0 aromatic heterocycles. The molecule has 0 unspecified atom stereocenters. The molecular weight excluding hydrogens is 320 g/mol. The summed E-state index contributed by atoms with van der Waals surface area (Å²) in [6.45, 7) is 7.06. The van der Waals surface area contributed by atoms with Crippen LogP contribution in [0, 0.1) is 0 Å². The van der Waals surface area contributed by atoms with Crippen LogP contribution in [0.2, 0.25) is 0 Å². The van der Waals surface area contributed by atoms with E-state index >= 15 is 0 Å². The predicted molar refractivity (Wildman–Crippen MR) is 94.6 cm³/mol. The van der Waals surface area contributed by atoms with Crippen LogP contribution in [0.5, 0.6) is 5.75 Å². The number of urea groups is 1. The van der Waals surface area contributed by atoms with Crippen LogP contribution < -0.4 is 10.1 Å². The molecule has 1 aromatic carbocycles. The number of hydrogen-bond acceptors (Lipinski definition) is 4. The van der Waals surface area contributed by atoms with Gasteiger partial charge in [0.25, 0.3) is 0 Å². The number of ether oxygens (including phenoxy) is 3. The molecule has 1 atom stereocenters. The third-order valence-electron chi connectivity index (χ3n) is 4.82. The minimum absolute atomic E-state index is 0.0728. The van der Waals surface area contributed by atoms with Crippen molar-refractivity contribution in [3.05, 3.63) is 29.8 Å². The van der Waals surface area contributed by atoms with E-state index in [1.165, 1.54) is 0 Å². The number of hydrogen-bond donors (Lipinski definition) is 1. The van der Waals surface area contributed by atoms with Crippen molar-refractivity contribution in [3.63, 3.8) is 0 Å². The second-order valence-electron chi connectivity index (χ2n) is 6.51. The van der Waals surface area contributed by atoms with Crippen LogP contribution in [0.1, 0.15) is 44.7 Å². The third kappa shape index (κ3) is 4.07. The van der Waals surface area contributed by atoms with Gasteiger partial charge < -0.3 is 24.4 Å². The van der Waals surface area contributed by atoms with Crippen LogP contribution in [0.15, 0.2) is 24.3 Å². The number of amides is 2. The van der Waals surface area contributed by atoms with Crippen LogP contribution in [0.3, 0.4) is 0 Å². The highest BCUT2D eigenvalue weighted by Crippen LogP contribution is 2.31. The molecule has 1 aromatic rings. The largest absolute Gasteiger partial charge is 0.494 e. The second-order valence-corrected chi connectivity index (χ2v) is 6.51. The first-order valence-electron chi connectivity index (χ1n) is 9.22. The highest BCUT2D eigenvalue weighted by molar-refractivity contribution is 5.75. The quantitative estimate of drug-likeness (QED) is 0.888. The highest BCUT2D eigenvalue weighted by Gasteiger charge is 2.42. The number of benzene rings is 1. The molecule has 2 heterocycles. The Bertz CT molecular complexity index is 587. The topological polar surface area (TPSA) is 60.0 Å². The van der Waals surface area contributed by atoms with E-state index in [9.17, 15) is 4.79 Å². The summed E-state index contributed by atoms with van der Waals surface area (Å²) in [7, 11) is 0. The number of nitrogens with one attached hydrogen (secondary N) is 1. The molecule has 138 valence electrons. The lowest BCUT2D eigenvalue weighted by Gasteiger charge is -2.39. The summed E-state index contributed by atoms with van der Waals surface area (Å²) in [5.41, 5.74) is 1.01. The van der Waals surface area contributed by atoms with Gasteiger partial charge in [0.1, 0.15) is 5.75 Å². The molecule has 2 aliphatic rings. The van der Waals surface area contributed by atoms with Crippen LogP contribution in [-0.2, 0) is 9.47 Å². The van der Waals surface area contributed by atoms with Gasteiger partial charge in [-0.25, -0.2) is 4.79 Å². The molecule has 0 aliphatic carbocycles. The van der Waals surface area contributed by atoms with Crippen molar-refractivity contribution in [2.24, 2.45) is 0 Å². The van der Waals surface area contributed by atoms with Crippen molar-refractivity contribution in [1.82, 2.24) is 10.2 Å². The number of likely N-dealkylation sites (tertiary alicyclic amines) is 1.